The molecule has 0 spiro atoms. The zero-order valence-electron chi connectivity index (χ0n) is 14.9. The lowest BCUT2D eigenvalue weighted by molar-refractivity contribution is -0.129. The van der Waals surface area contributed by atoms with E-state index in [4.69, 9.17) is 0 Å². The summed E-state index contributed by atoms with van der Waals surface area (Å²) in [4.78, 5) is 13.9. The zero-order chi connectivity index (χ0) is 19.0. The van der Waals surface area contributed by atoms with E-state index in [9.17, 15) is 21.6 Å². The average Bonchev–Trinajstić information content (AvgIpc) is 2.85. The van der Waals surface area contributed by atoms with Gasteiger partial charge in [0, 0.05) is 13.1 Å². The number of aryl methyl sites for hydroxylation is 2. The predicted octanol–water partition coefficient (Wildman–Crippen LogP) is 0.715. The van der Waals surface area contributed by atoms with E-state index < -0.39 is 31.8 Å². The van der Waals surface area contributed by atoms with E-state index in [2.05, 4.69) is 0 Å². The lowest BCUT2D eigenvalue weighted by Crippen LogP contribution is -2.45. The van der Waals surface area contributed by atoms with Crippen LogP contribution in [0.5, 0.6) is 0 Å². The molecule has 1 aliphatic heterocycles. The van der Waals surface area contributed by atoms with E-state index in [1.165, 1.54) is 11.9 Å². The van der Waals surface area contributed by atoms with Crippen molar-refractivity contribution in [2.24, 2.45) is 0 Å². The van der Waals surface area contributed by atoms with Crippen LogP contribution in [0.3, 0.4) is 0 Å². The maximum atomic E-state index is 12.6. The van der Waals surface area contributed by atoms with Gasteiger partial charge in [0.25, 0.3) is 0 Å². The van der Waals surface area contributed by atoms with Gasteiger partial charge in [-0.1, -0.05) is 12.1 Å². The Morgan fingerprint density at radius 3 is 2.44 bits per heavy atom. The van der Waals surface area contributed by atoms with E-state index >= 15 is 0 Å². The monoisotopic (exact) mass is 388 g/mol. The SMILES string of the molecule is Cc1ccc(C)c(N(CC(=O)N(C)C2CCS(=O)(=O)C2)S(C)(=O)=O)c1. The highest BCUT2D eigenvalue weighted by Gasteiger charge is 2.34. The van der Waals surface area contributed by atoms with Crippen molar-refractivity contribution in [3.05, 3.63) is 29.3 Å². The molecule has 25 heavy (non-hydrogen) atoms. The molecule has 1 unspecified atom stereocenters. The quantitative estimate of drug-likeness (QED) is 0.741. The number of sulfone groups is 1. The molecular formula is C16H24N2O5S2. The van der Waals surface area contributed by atoms with E-state index in [0.717, 1.165) is 21.7 Å². The highest BCUT2D eigenvalue weighted by atomic mass is 32.2. The second kappa shape index (κ2) is 6.95. The molecule has 7 nitrogen and oxygen atoms in total. The van der Waals surface area contributed by atoms with Crippen LogP contribution in [0.25, 0.3) is 0 Å². The Hall–Kier alpha value is -1.61. The molecule has 0 radical (unpaired) electrons. The zero-order valence-corrected chi connectivity index (χ0v) is 16.5. The van der Waals surface area contributed by atoms with Gasteiger partial charge in [-0.3, -0.25) is 9.10 Å². The van der Waals surface area contributed by atoms with Crippen LogP contribution in [0.1, 0.15) is 17.5 Å². The number of hydrogen-bond acceptors (Lipinski definition) is 5. The van der Waals surface area contributed by atoms with Crippen LogP contribution in [0, 0.1) is 13.8 Å². The van der Waals surface area contributed by atoms with Gasteiger partial charge in [0.2, 0.25) is 15.9 Å². The number of rotatable bonds is 5. The summed E-state index contributed by atoms with van der Waals surface area (Å²) in [5, 5.41) is 0. The first-order chi connectivity index (χ1) is 11.4. The van der Waals surface area contributed by atoms with Crippen LogP contribution in [-0.2, 0) is 24.7 Å². The Balaban J connectivity index is 2.26. The first-order valence-corrected chi connectivity index (χ1v) is 11.6. The maximum absolute atomic E-state index is 12.6. The minimum atomic E-state index is -3.66. The lowest BCUT2D eigenvalue weighted by Gasteiger charge is -2.29. The molecule has 0 N–H and O–H groups in total. The second-order valence-electron chi connectivity index (χ2n) is 6.62. The van der Waals surface area contributed by atoms with E-state index in [1.807, 2.05) is 13.0 Å². The molecule has 1 aromatic carbocycles. The summed E-state index contributed by atoms with van der Waals surface area (Å²) in [6, 6.07) is 5.00. The highest BCUT2D eigenvalue weighted by Crippen LogP contribution is 2.24. The summed E-state index contributed by atoms with van der Waals surface area (Å²) < 4.78 is 48.8. The van der Waals surface area contributed by atoms with Gasteiger partial charge in [0.1, 0.15) is 6.54 Å². The molecule has 0 saturated carbocycles. The number of nitrogens with zero attached hydrogens (tertiary/aromatic N) is 2. The van der Waals surface area contributed by atoms with Crippen molar-refractivity contribution >= 4 is 31.5 Å². The first-order valence-electron chi connectivity index (χ1n) is 7.92. The summed E-state index contributed by atoms with van der Waals surface area (Å²) in [7, 11) is -5.26. The van der Waals surface area contributed by atoms with Gasteiger partial charge in [-0.2, -0.15) is 0 Å². The van der Waals surface area contributed by atoms with Gasteiger partial charge in [-0.25, -0.2) is 16.8 Å². The number of carbonyl (C=O) groups is 1. The summed E-state index contributed by atoms with van der Waals surface area (Å²) >= 11 is 0. The van der Waals surface area contributed by atoms with Gasteiger partial charge in [-0.15, -0.1) is 0 Å². The van der Waals surface area contributed by atoms with Crippen LogP contribution >= 0.6 is 0 Å². The van der Waals surface area contributed by atoms with Gasteiger partial charge < -0.3 is 4.90 Å². The highest BCUT2D eigenvalue weighted by molar-refractivity contribution is 7.92. The van der Waals surface area contributed by atoms with Crippen LogP contribution in [0.4, 0.5) is 5.69 Å². The molecule has 0 aliphatic carbocycles. The first kappa shape index (κ1) is 19.7. The Kier molecular flexibility index (Phi) is 5.48. The van der Waals surface area contributed by atoms with Crippen molar-refractivity contribution in [3.63, 3.8) is 0 Å². The third kappa shape index (κ3) is 4.72. The van der Waals surface area contributed by atoms with Crippen molar-refractivity contribution in [3.8, 4) is 0 Å². The van der Waals surface area contributed by atoms with Gasteiger partial charge >= 0.3 is 0 Å². The molecule has 1 amide bonds. The number of amides is 1. The fourth-order valence-electron chi connectivity index (χ4n) is 2.89. The number of benzene rings is 1. The summed E-state index contributed by atoms with van der Waals surface area (Å²) in [5.74, 6) is -0.437. The largest absolute Gasteiger partial charge is 0.340 e. The fraction of sp³-hybridized carbons (Fsp3) is 0.562. The van der Waals surface area contributed by atoms with Gasteiger partial charge in [-0.05, 0) is 37.5 Å². The third-order valence-corrected chi connectivity index (χ3v) is 7.34. The van der Waals surface area contributed by atoms with Crippen LogP contribution in [-0.4, -0.2) is 65.0 Å². The van der Waals surface area contributed by atoms with Crippen molar-refractivity contribution in [1.82, 2.24) is 4.90 Å². The number of sulfonamides is 1. The Morgan fingerprint density at radius 2 is 1.92 bits per heavy atom. The van der Waals surface area contributed by atoms with Crippen molar-refractivity contribution in [1.29, 1.82) is 0 Å². The minimum Gasteiger partial charge on any atom is -0.340 e. The second-order valence-corrected chi connectivity index (χ2v) is 10.8. The fourth-order valence-corrected chi connectivity index (χ4v) is 5.56. The molecule has 140 valence electrons. The molecular weight excluding hydrogens is 364 g/mol. The molecule has 9 heteroatoms. The van der Waals surface area contributed by atoms with Crippen LogP contribution < -0.4 is 4.31 Å². The standard InChI is InChI=1S/C16H24N2O5S2/c1-12-5-6-13(2)15(9-12)18(24(4,20)21)10-16(19)17(3)14-7-8-25(22,23)11-14/h5-6,9,14H,7-8,10-11H2,1-4H3. The minimum absolute atomic E-state index is 0.0576. The molecule has 1 fully saturated rings. The molecule has 1 aromatic rings. The molecule has 0 bridgehead atoms. The summed E-state index contributed by atoms with van der Waals surface area (Å²) in [6.07, 6.45) is 1.44. The maximum Gasteiger partial charge on any atom is 0.243 e. The topological polar surface area (TPSA) is 91.8 Å². The molecule has 1 aliphatic rings. The third-order valence-electron chi connectivity index (χ3n) is 4.46. The Labute approximate surface area is 149 Å². The molecule has 0 aromatic heterocycles. The van der Waals surface area contributed by atoms with E-state index in [0.29, 0.717) is 12.1 Å². The average molecular weight is 389 g/mol. The number of carbonyl (C=O) groups excluding carboxylic acids is 1. The summed E-state index contributed by atoms with van der Waals surface area (Å²) in [5.41, 5.74) is 2.09. The number of likely N-dealkylation sites (N-methyl/N-ethyl adjacent to an activating group) is 1. The van der Waals surface area contributed by atoms with E-state index in [-0.39, 0.29) is 18.1 Å². The lowest BCUT2D eigenvalue weighted by atomic mass is 10.1. The number of anilines is 1. The summed E-state index contributed by atoms with van der Waals surface area (Å²) in [6.45, 7) is 3.28. The van der Waals surface area contributed by atoms with Crippen LogP contribution in [0.2, 0.25) is 0 Å². The number of hydrogen-bond donors (Lipinski definition) is 0. The smallest absolute Gasteiger partial charge is 0.243 e. The predicted molar refractivity (Wildman–Crippen MR) is 97.9 cm³/mol. The normalized spacial score (nSPS) is 19.6. The van der Waals surface area contributed by atoms with Crippen molar-refractivity contribution in [2.75, 3.05) is 35.7 Å². The van der Waals surface area contributed by atoms with Gasteiger partial charge in [0.05, 0.1) is 23.4 Å². The van der Waals surface area contributed by atoms with Crippen molar-refractivity contribution in [2.45, 2.75) is 26.3 Å². The van der Waals surface area contributed by atoms with E-state index in [1.54, 1.807) is 19.1 Å². The molecule has 1 heterocycles. The molecule has 1 atom stereocenters. The van der Waals surface area contributed by atoms with Crippen molar-refractivity contribution < 1.29 is 21.6 Å². The molecule has 2 rings (SSSR count). The van der Waals surface area contributed by atoms with Gasteiger partial charge in [0.15, 0.2) is 9.84 Å². The van der Waals surface area contributed by atoms with Crippen LogP contribution in [0.15, 0.2) is 18.2 Å². The Bertz CT molecular complexity index is 878. The molecule has 1 saturated heterocycles. The Morgan fingerprint density at radius 1 is 1.28 bits per heavy atom.